The van der Waals surface area contributed by atoms with Gasteiger partial charge in [0.05, 0.1) is 6.61 Å². The van der Waals surface area contributed by atoms with E-state index in [9.17, 15) is 17.8 Å². The third-order valence-corrected chi connectivity index (χ3v) is 10.6. The molecule has 0 aromatic heterocycles. The van der Waals surface area contributed by atoms with Gasteiger partial charge in [-0.05, 0) is 66.2 Å². The first kappa shape index (κ1) is 52.5. The Morgan fingerprint density at radius 1 is 0.722 bits per heavy atom. The fourth-order valence-corrected chi connectivity index (χ4v) is 7.38. The normalized spacial score (nSPS) is 27.1. The number of carbonyl (C=O) groups excluding carboxylic acids is 1. The first-order valence-corrected chi connectivity index (χ1v) is 22.2. The van der Waals surface area contributed by atoms with Gasteiger partial charge in [-0.2, -0.15) is 0 Å². The van der Waals surface area contributed by atoms with E-state index in [0.717, 1.165) is 70.6 Å². The number of amides is 1. The van der Waals surface area contributed by atoms with E-state index >= 15 is 0 Å². The van der Waals surface area contributed by atoms with Crippen LogP contribution in [-0.4, -0.2) is 87.5 Å². The van der Waals surface area contributed by atoms with Gasteiger partial charge >= 0.3 is 51.4 Å². The molecule has 0 saturated carbocycles. The molecule has 2 heterocycles. The molecule has 2 fully saturated rings. The third kappa shape index (κ3) is 20.0. The molecule has 2 rings (SSSR count). The van der Waals surface area contributed by atoms with Crippen molar-refractivity contribution >= 4 is 16.3 Å². The van der Waals surface area contributed by atoms with E-state index in [-0.39, 0.29) is 70.5 Å². The van der Waals surface area contributed by atoms with Gasteiger partial charge in [-0.25, -0.2) is 8.42 Å². The molecule has 1 amide bonds. The van der Waals surface area contributed by atoms with E-state index in [2.05, 4.69) is 35.5 Å². The van der Waals surface area contributed by atoms with Crippen LogP contribution in [0.1, 0.15) is 170 Å². The monoisotopic (exact) mass is 815 g/mol. The molecule has 0 aromatic rings. The molecule has 2 aliphatic heterocycles. The van der Waals surface area contributed by atoms with Gasteiger partial charge in [0.15, 0.2) is 6.29 Å². The molecule has 2 saturated heterocycles. The van der Waals surface area contributed by atoms with Crippen LogP contribution in [0.15, 0.2) is 12.2 Å². The minimum atomic E-state index is -5.04. The van der Waals surface area contributed by atoms with Crippen molar-refractivity contribution in [2.75, 3.05) is 26.4 Å². The number of rotatable bonds is 31. The topological polar surface area (TPSA) is 151 Å². The van der Waals surface area contributed by atoms with Crippen LogP contribution in [0.4, 0.5) is 0 Å². The fourth-order valence-electron chi connectivity index (χ4n) is 7.08. The molecular formula is C40H74KNO11S. The zero-order valence-electron chi connectivity index (χ0n) is 34.9. The van der Waals surface area contributed by atoms with Crippen LogP contribution in [0.3, 0.4) is 0 Å². The van der Waals surface area contributed by atoms with Crippen LogP contribution >= 0.6 is 0 Å². The Bertz CT molecular complexity index is 1120. The second-order valence-electron chi connectivity index (χ2n) is 14.7. The molecule has 14 heteroatoms. The molecule has 7 atom stereocenters. The molecule has 1 N–H and O–H groups in total. The third-order valence-electron chi connectivity index (χ3n) is 10.2. The standard InChI is InChI=1S/C40H75NO11S.K/c1-7-11-13-15-17-18-19-20-21-22-23-24-25-26-28-30-34(42)41-35-37-36(51-39(5,47-9-3)40(6,52-37)48-10-4)33(32-49-53(43,44)45)50-38(35)46-31-29-27-16-14-12-8-2;/h20-21,33,35-38H,7-19,22-32H2,1-6H3,(H,41,42)(H,43,44,45);/q;+1/p-1/b21-20-;/t33-,35-,36-,37-,38+,39+,40+;/m1./s1. The zero-order valence-corrected chi connectivity index (χ0v) is 38.9. The first-order valence-electron chi connectivity index (χ1n) is 20.9. The molecule has 0 aromatic carbocycles. The SMILES string of the molecule is CCCCCCCC/C=C\CCCCCCCC(=O)N[C@H]1[C@@H](OCCCCCCCC)O[C@H](COS(=O)(=O)[O-])[C@H]2O[C@](C)(OCC)[C@@](C)(OCC)O[C@H]12.[K+]. The van der Waals surface area contributed by atoms with Crippen molar-refractivity contribution in [3.05, 3.63) is 12.2 Å². The van der Waals surface area contributed by atoms with Gasteiger partial charge in [-0.15, -0.1) is 0 Å². The van der Waals surface area contributed by atoms with Gasteiger partial charge in [0.1, 0.15) is 24.4 Å². The van der Waals surface area contributed by atoms with Crippen molar-refractivity contribution in [3.8, 4) is 0 Å². The summed E-state index contributed by atoms with van der Waals surface area (Å²) < 4.78 is 76.9. The molecule has 0 bridgehead atoms. The van der Waals surface area contributed by atoms with Crippen LogP contribution in [0.25, 0.3) is 0 Å². The van der Waals surface area contributed by atoms with Gasteiger partial charge in [0, 0.05) is 26.2 Å². The number of unbranched alkanes of at least 4 members (excludes halogenated alkanes) is 16. The summed E-state index contributed by atoms with van der Waals surface area (Å²) in [7, 11) is -5.04. The summed E-state index contributed by atoms with van der Waals surface area (Å²) in [5.41, 5.74) is 0. The number of hydrogen-bond donors (Lipinski definition) is 1. The maximum atomic E-state index is 13.5. The number of hydrogen-bond acceptors (Lipinski definition) is 11. The van der Waals surface area contributed by atoms with E-state index in [1.807, 2.05) is 6.92 Å². The molecule has 0 unspecified atom stereocenters. The molecule has 0 aliphatic carbocycles. The summed E-state index contributed by atoms with van der Waals surface area (Å²) in [6, 6.07) is -0.832. The van der Waals surface area contributed by atoms with Crippen LogP contribution < -0.4 is 56.7 Å². The van der Waals surface area contributed by atoms with Gasteiger partial charge < -0.3 is 38.3 Å². The Morgan fingerprint density at radius 3 is 1.72 bits per heavy atom. The largest absolute Gasteiger partial charge is 1.00 e. The number of allylic oxidation sites excluding steroid dienone is 2. The van der Waals surface area contributed by atoms with Gasteiger partial charge in [0.2, 0.25) is 27.9 Å². The minimum Gasteiger partial charge on any atom is -0.726 e. The molecule has 2 aliphatic rings. The molecule has 12 nitrogen and oxygen atoms in total. The van der Waals surface area contributed by atoms with Crippen molar-refractivity contribution in [1.29, 1.82) is 0 Å². The average Bonchev–Trinajstić information content (AvgIpc) is 3.10. The van der Waals surface area contributed by atoms with Crippen molar-refractivity contribution in [2.24, 2.45) is 0 Å². The van der Waals surface area contributed by atoms with E-state index < -0.39 is 59.2 Å². The van der Waals surface area contributed by atoms with Crippen LogP contribution in [0.5, 0.6) is 0 Å². The summed E-state index contributed by atoms with van der Waals surface area (Å²) in [6.45, 7) is 11.7. The van der Waals surface area contributed by atoms with E-state index in [1.165, 1.54) is 51.4 Å². The smallest absolute Gasteiger partial charge is 0.726 e. The van der Waals surface area contributed by atoms with E-state index in [1.54, 1.807) is 20.8 Å². The Kier molecular flexibility index (Phi) is 28.8. The van der Waals surface area contributed by atoms with E-state index in [0.29, 0.717) is 13.0 Å². The predicted molar refractivity (Wildman–Crippen MR) is 205 cm³/mol. The van der Waals surface area contributed by atoms with Crippen LogP contribution in [0, 0.1) is 0 Å². The second kappa shape index (κ2) is 29.6. The number of carbonyl (C=O) groups is 1. The minimum absolute atomic E-state index is 0. The molecule has 54 heavy (non-hydrogen) atoms. The van der Waals surface area contributed by atoms with Gasteiger partial charge in [-0.3, -0.25) is 8.98 Å². The average molecular weight is 816 g/mol. The Balaban J connectivity index is 0.0000146. The summed E-state index contributed by atoms with van der Waals surface area (Å²) in [5, 5.41) is 3.10. The van der Waals surface area contributed by atoms with Crippen LogP contribution in [-0.2, 0) is 47.8 Å². The van der Waals surface area contributed by atoms with Gasteiger partial charge in [-0.1, -0.05) is 109 Å². The Morgan fingerprint density at radius 2 is 1.20 bits per heavy atom. The summed E-state index contributed by atoms with van der Waals surface area (Å²) in [4.78, 5) is 13.5. The summed E-state index contributed by atoms with van der Waals surface area (Å²) >= 11 is 0. The van der Waals surface area contributed by atoms with Gasteiger partial charge in [0.25, 0.3) is 0 Å². The van der Waals surface area contributed by atoms with Crippen molar-refractivity contribution < 1.29 is 102 Å². The Hall–Kier alpha value is 0.476. The number of fused-ring (bicyclic) bond motifs is 1. The maximum absolute atomic E-state index is 13.5. The first-order chi connectivity index (χ1) is 25.4. The zero-order chi connectivity index (χ0) is 39.0. The second-order valence-corrected chi connectivity index (χ2v) is 15.8. The molecular weight excluding hydrogens is 742 g/mol. The number of nitrogens with one attached hydrogen (secondary N) is 1. The van der Waals surface area contributed by atoms with Crippen molar-refractivity contribution in [2.45, 2.75) is 212 Å². The quantitative estimate of drug-likeness (QED) is 0.0316. The van der Waals surface area contributed by atoms with Crippen LogP contribution in [0.2, 0.25) is 0 Å². The van der Waals surface area contributed by atoms with E-state index in [4.69, 9.17) is 28.4 Å². The fraction of sp³-hybridized carbons (Fsp3) is 0.925. The molecule has 0 spiro atoms. The number of ether oxygens (including phenoxy) is 6. The predicted octanol–water partition coefficient (Wildman–Crippen LogP) is 5.38. The Labute approximate surface area is 371 Å². The molecule has 312 valence electrons. The van der Waals surface area contributed by atoms with Crippen molar-refractivity contribution in [3.63, 3.8) is 0 Å². The summed E-state index contributed by atoms with van der Waals surface area (Å²) in [6.07, 6.45) is 22.5. The van der Waals surface area contributed by atoms with Crippen molar-refractivity contribution in [1.82, 2.24) is 5.32 Å². The summed E-state index contributed by atoms with van der Waals surface area (Å²) in [5.74, 6) is -3.04. The maximum Gasteiger partial charge on any atom is 1.00 e. The molecule has 0 radical (unpaired) electrons.